The van der Waals surface area contributed by atoms with E-state index in [-0.39, 0.29) is 5.54 Å². The fraction of sp³-hybridized carbons (Fsp3) is 0.571. The van der Waals surface area contributed by atoms with E-state index in [0.29, 0.717) is 6.10 Å². The summed E-state index contributed by atoms with van der Waals surface area (Å²) in [6.07, 6.45) is 4.84. The first kappa shape index (κ1) is 13.1. The maximum atomic E-state index is 6.40. The lowest BCUT2D eigenvalue weighted by molar-refractivity contribution is 0.0967. The molecule has 0 aliphatic carbocycles. The van der Waals surface area contributed by atoms with Crippen molar-refractivity contribution in [3.8, 4) is 0 Å². The Bertz CT molecular complexity index is 355. The van der Waals surface area contributed by atoms with Gasteiger partial charge in [-0.05, 0) is 50.3 Å². The minimum Gasteiger partial charge on any atom is -0.378 e. The number of hydrogen-bond acceptors (Lipinski definition) is 2. The molecule has 2 nitrogen and oxygen atoms in total. The van der Waals surface area contributed by atoms with Gasteiger partial charge in [0.15, 0.2) is 0 Å². The van der Waals surface area contributed by atoms with Crippen molar-refractivity contribution in [2.45, 2.75) is 44.2 Å². The summed E-state index contributed by atoms with van der Waals surface area (Å²) in [5.41, 5.74) is 7.33. The molecular formula is C14H20BrNO. The molecule has 0 radical (unpaired) electrons. The normalized spacial score (nSPS) is 23.6. The molecule has 1 aromatic rings. The first-order chi connectivity index (χ1) is 8.08. The van der Waals surface area contributed by atoms with Crippen LogP contribution in [0.2, 0.25) is 0 Å². The Morgan fingerprint density at radius 1 is 1.41 bits per heavy atom. The van der Waals surface area contributed by atoms with Crippen molar-refractivity contribution in [2.75, 3.05) is 6.61 Å². The molecule has 2 rings (SSSR count). The molecule has 0 aromatic heterocycles. The molecule has 1 aromatic carbocycles. The highest BCUT2D eigenvalue weighted by Crippen LogP contribution is 2.27. The van der Waals surface area contributed by atoms with Crippen LogP contribution in [0.5, 0.6) is 0 Å². The van der Waals surface area contributed by atoms with E-state index >= 15 is 0 Å². The maximum absolute atomic E-state index is 6.40. The van der Waals surface area contributed by atoms with Crippen molar-refractivity contribution in [1.29, 1.82) is 0 Å². The molecule has 17 heavy (non-hydrogen) atoms. The van der Waals surface area contributed by atoms with Crippen molar-refractivity contribution >= 4 is 15.9 Å². The Labute approximate surface area is 112 Å². The number of nitrogens with two attached hydrogens (primary N) is 1. The van der Waals surface area contributed by atoms with Crippen molar-refractivity contribution in [3.63, 3.8) is 0 Å². The van der Waals surface area contributed by atoms with Gasteiger partial charge in [-0.2, -0.15) is 0 Å². The SMILES string of the molecule is CC(N)(CCC1CCCO1)c1ccc(Br)cc1. The molecule has 1 heterocycles. The summed E-state index contributed by atoms with van der Waals surface area (Å²) in [6.45, 7) is 3.02. The fourth-order valence-corrected chi connectivity index (χ4v) is 2.57. The molecule has 0 bridgehead atoms. The van der Waals surface area contributed by atoms with Gasteiger partial charge in [0, 0.05) is 16.6 Å². The number of halogens is 1. The smallest absolute Gasteiger partial charge is 0.0576 e. The van der Waals surface area contributed by atoms with Gasteiger partial charge in [-0.1, -0.05) is 28.1 Å². The van der Waals surface area contributed by atoms with E-state index in [1.165, 1.54) is 18.4 Å². The second-order valence-electron chi connectivity index (χ2n) is 5.10. The molecule has 2 atom stereocenters. The number of rotatable bonds is 4. The molecule has 2 N–H and O–H groups in total. The van der Waals surface area contributed by atoms with Gasteiger partial charge in [0.2, 0.25) is 0 Å². The molecule has 94 valence electrons. The van der Waals surface area contributed by atoms with Crippen LogP contribution in [-0.4, -0.2) is 12.7 Å². The van der Waals surface area contributed by atoms with E-state index in [1.54, 1.807) is 0 Å². The van der Waals surface area contributed by atoms with E-state index in [2.05, 4.69) is 35.0 Å². The number of hydrogen-bond donors (Lipinski definition) is 1. The lowest BCUT2D eigenvalue weighted by Gasteiger charge is -2.26. The molecule has 1 aliphatic heterocycles. The Balaban J connectivity index is 1.94. The van der Waals surface area contributed by atoms with Gasteiger partial charge in [0.05, 0.1) is 6.10 Å². The molecule has 1 saturated heterocycles. The van der Waals surface area contributed by atoms with Crippen LogP contribution < -0.4 is 5.73 Å². The third-order valence-electron chi connectivity index (χ3n) is 3.51. The summed E-state index contributed by atoms with van der Waals surface area (Å²) in [5, 5.41) is 0. The van der Waals surface area contributed by atoms with Gasteiger partial charge >= 0.3 is 0 Å². The fourth-order valence-electron chi connectivity index (χ4n) is 2.31. The quantitative estimate of drug-likeness (QED) is 0.922. The van der Waals surface area contributed by atoms with Crippen molar-refractivity contribution in [3.05, 3.63) is 34.3 Å². The van der Waals surface area contributed by atoms with Gasteiger partial charge in [-0.15, -0.1) is 0 Å². The minimum atomic E-state index is -0.257. The van der Waals surface area contributed by atoms with Crippen molar-refractivity contribution < 1.29 is 4.74 Å². The second-order valence-corrected chi connectivity index (χ2v) is 6.01. The molecule has 0 amide bonds. The highest BCUT2D eigenvalue weighted by molar-refractivity contribution is 9.10. The molecule has 3 heteroatoms. The van der Waals surface area contributed by atoms with E-state index in [9.17, 15) is 0 Å². The van der Waals surface area contributed by atoms with Crippen molar-refractivity contribution in [1.82, 2.24) is 0 Å². The first-order valence-corrected chi connectivity index (χ1v) is 7.04. The van der Waals surface area contributed by atoms with Crippen LogP contribution in [0.4, 0.5) is 0 Å². The maximum Gasteiger partial charge on any atom is 0.0576 e. The first-order valence-electron chi connectivity index (χ1n) is 6.24. The highest BCUT2D eigenvalue weighted by Gasteiger charge is 2.24. The van der Waals surface area contributed by atoms with Crippen LogP contribution in [0.15, 0.2) is 28.7 Å². The summed E-state index contributed by atoms with van der Waals surface area (Å²) < 4.78 is 6.73. The van der Waals surface area contributed by atoms with Crippen LogP contribution in [0.1, 0.15) is 38.2 Å². The number of benzene rings is 1. The topological polar surface area (TPSA) is 35.2 Å². The zero-order valence-electron chi connectivity index (χ0n) is 10.3. The van der Waals surface area contributed by atoms with E-state index < -0.39 is 0 Å². The van der Waals surface area contributed by atoms with Gasteiger partial charge in [-0.25, -0.2) is 0 Å². The van der Waals surface area contributed by atoms with Crippen LogP contribution in [0, 0.1) is 0 Å². The van der Waals surface area contributed by atoms with Gasteiger partial charge in [0.25, 0.3) is 0 Å². The monoisotopic (exact) mass is 297 g/mol. The van der Waals surface area contributed by atoms with Gasteiger partial charge < -0.3 is 10.5 Å². The molecule has 1 aliphatic rings. The van der Waals surface area contributed by atoms with Crippen LogP contribution in [-0.2, 0) is 10.3 Å². The summed E-state index contributed by atoms with van der Waals surface area (Å²) in [6, 6.07) is 8.29. The average Bonchev–Trinajstić information content (AvgIpc) is 2.80. The van der Waals surface area contributed by atoms with E-state index in [0.717, 1.165) is 23.9 Å². The van der Waals surface area contributed by atoms with E-state index in [4.69, 9.17) is 10.5 Å². The van der Waals surface area contributed by atoms with E-state index in [1.807, 2.05) is 12.1 Å². The summed E-state index contributed by atoms with van der Waals surface area (Å²) in [7, 11) is 0. The zero-order chi connectivity index (χ0) is 12.3. The molecular weight excluding hydrogens is 278 g/mol. The Kier molecular flexibility index (Phi) is 4.23. The lowest BCUT2D eigenvalue weighted by Crippen LogP contribution is -2.34. The molecule has 1 fully saturated rings. The minimum absolute atomic E-state index is 0.257. The zero-order valence-corrected chi connectivity index (χ0v) is 11.9. The largest absolute Gasteiger partial charge is 0.378 e. The van der Waals surface area contributed by atoms with Gasteiger partial charge in [0.1, 0.15) is 0 Å². The predicted molar refractivity (Wildman–Crippen MR) is 73.9 cm³/mol. The third-order valence-corrected chi connectivity index (χ3v) is 4.04. The second kappa shape index (κ2) is 5.51. The Morgan fingerprint density at radius 2 is 2.12 bits per heavy atom. The highest BCUT2D eigenvalue weighted by atomic mass is 79.9. The predicted octanol–water partition coefficient (Wildman–Crippen LogP) is 3.58. The Morgan fingerprint density at radius 3 is 2.71 bits per heavy atom. The van der Waals surface area contributed by atoms with Crippen molar-refractivity contribution in [2.24, 2.45) is 5.73 Å². The Hall–Kier alpha value is -0.380. The van der Waals surface area contributed by atoms with Crippen LogP contribution >= 0.6 is 15.9 Å². The molecule has 0 spiro atoms. The third kappa shape index (κ3) is 3.54. The average molecular weight is 298 g/mol. The number of ether oxygens (including phenoxy) is 1. The van der Waals surface area contributed by atoms with Crippen LogP contribution in [0.3, 0.4) is 0 Å². The van der Waals surface area contributed by atoms with Crippen LogP contribution in [0.25, 0.3) is 0 Å². The standard InChI is InChI=1S/C14H20BrNO/c1-14(16,9-8-13-3-2-10-17-13)11-4-6-12(15)7-5-11/h4-7,13H,2-3,8-10,16H2,1H3. The molecule has 2 unspecified atom stereocenters. The summed E-state index contributed by atoms with van der Waals surface area (Å²) in [4.78, 5) is 0. The lowest BCUT2D eigenvalue weighted by atomic mass is 9.87. The van der Waals surface area contributed by atoms with Gasteiger partial charge in [-0.3, -0.25) is 0 Å². The molecule has 0 saturated carbocycles. The summed E-state index contributed by atoms with van der Waals surface area (Å²) in [5.74, 6) is 0. The summed E-state index contributed by atoms with van der Waals surface area (Å²) >= 11 is 3.44.